The molecule has 1 aromatic carbocycles. The van der Waals surface area contributed by atoms with E-state index in [-0.39, 0.29) is 24.0 Å². The summed E-state index contributed by atoms with van der Waals surface area (Å²) in [6.45, 7) is 3.51. The van der Waals surface area contributed by atoms with E-state index in [9.17, 15) is 0 Å². The molecule has 6 nitrogen and oxygen atoms in total. The van der Waals surface area contributed by atoms with Crippen LogP contribution in [0.5, 0.6) is 5.75 Å². The van der Waals surface area contributed by atoms with Crippen molar-refractivity contribution in [3.63, 3.8) is 0 Å². The number of benzene rings is 1. The number of imidazole rings is 1. The third-order valence-electron chi connectivity index (χ3n) is 3.93. The molecule has 0 unspecified atom stereocenters. The van der Waals surface area contributed by atoms with Crippen molar-refractivity contribution in [2.24, 2.45) is 4.99 Å². The van der Waals surface area contributed by atoms with Gasteiger partial charge in [-0.2, -0.15) is 0 Å². The van der Waals surface area contributed by atoms with Crippen molar-refractivity contribution >= 4 is 46.2 Å². The van der Waals surface area contributed by atoms with Crippen LogP contribution in [0.25, 0.3) is 4.96 Å². The minimum atomic E-state index is 0. The lowest BCUT2D eigenvalue weighted by atomic mass is 10.1. The molecule has 2 N–H and O–H groups in total. The lowest BCUT2D eigenvalue weighted by Crippen LogP contribution is -2.38. The van der Waals surface area contributed by atoms with Crippen molar-refractivity contribution < 1.29 is 4.74 Å². The van der Waals surface area contributed by atoms with Gasteiger partial charge in [0.05, 0.1) is 19.3 Å². The largest absolute Gasteiger partial charge is 0.496 e. The molecule has 3 aromatic rings. The van der Waals surface area contributed by atoms with Gasteiger partial charge in [-0.05, 0) is 25.0 Å². The Bertz CT molecular complexity index is 845. The number of guanidine groups is 1. The Labute approximate surface area is 174 Å². The van der Waals surface area contributed by atoms with Crippen molar-refractivity contribution in [2.45, 2.75) is 19.9 Å². The number of thiazole rings is 1. The number of hydrogen-bond acceptors (Lipinski definition) is 4. The molecule has 140 valence electrons. The monoisotopic (exact) mass is 485 g/mol. The molecule has 2 heterocycles. The van der Waals surface area contributed by atoms with Crippen LogP contribution in [-0.4, -0.2) is 36.0 Å². The van der Waals surface area contributed by atoms with Crippen molar-refractivity contribution in [1.82, 2.24) is 20.0 Å². The number of ether oxygens (including phenoxy) is 1. The third kappa shape index (κ3) is 5.10. The van der Waals surface area contributed by atoms with Crippen LogP contribution >= 0.6 is 35.3 Å². The molecule has 0 aliphatic rings. The fraction of sp³-hybridized carbons (Fsp3) is 0.333. The summed E-state index contributed by atoms with van der Waals surface area (Å²) in [4.78, 5) is 9.83. The lowest BCUT2D eigenvalue weighted by molar-refractivity contribution is 0.409. The first-order valence-corrected chi connectivity index (χ1v) is 9.06. The first-order chi connectivity index (χ1) is 12.2. The Morgan fingerprint density at radius 2 is 2.19 bits per heavy atom. The minimum Gasteiger partial charge on any atom is -0.496 e. The van der Waals surface area contributed by atoms with E-state index in [1.54, 1.807) is 25.5 Å². The summed E-state index contributed by atoms with van der Waals surface area (Å²) in [6.07, 6.45) is 4.91. The second kappa shape index (κ2) is 9.77. The average molecular weight is 485 g/mol. The standard InChI is InChI=1S/C18H23N5OS.HI/c1-13-4-5-16(24-3)14(10-13)6-7-20-17(19-2)21-11-15-12-23-8-9-25-18(23)22-15;/h4-5,8-10,12H,6-7,11H2,1-3H3,(H2,19,20,21);1H. The van der Waals surface area contributed by atoms with Gasteiger partial charge in [0.25, 0.3) is 0 Å². The molecular weight excluding hydrogens is 461 g/mol. The summed E-state index contributed by atoms with van der Waals surface area (Å²) >= 11 is 1.63. The van der Waals surface area contributed by atoms with Gasteiger partial charge in [0, 0.05) is 31.4 Å². The number of fused-ring (bicyclic) bond motifs is 1. The first kappa shape index (κ1) is 20.5. The van der Waals surface area contributed by atoms with Crippen molar-refractivity contribution in [1.29, 1.82) is 0 Å². The molecule has 0 aliphatic heterocycles. The molecule has 0 aliphatic carbocycles. The Morgan fingerprint density at radius 1 is 1.35 bits per heavy atom. The number of methoxy groups -OCH3 is 1. The average Bonchev–Trinajstić information content (AvgIpc) is 3.19. The Morgan fingerprint density at radius 3 is 2.92 bits per heavy atom. The third-order valence-corrected chi connectivity index (χ3v) is 4.70. The topological polar surface area (TPSA) is 63.0 Å². The van der Waals surface area contributed by atoms with Gasteiger partial charge in [-0.3, -0.25) is 9.39 Å². The van der Waals surface area contributed by atoms with Gasteiger partial charge in [-0.25, -0.2) is 4.98 Å². The fourth-order valence-corrected chi connectivity index (χ4v) is 3.39. The summed E-state index contributed by atoms with van der Waals surface area (Å²) in [7, 11) is 3.48. The van der Waals surface area contributed by atoms with Gasteiger partial charge in [-0.1, -0.05) is 17.7 Å². The zero-order chi connectivity index (χ0) is 17.6. The van der Waals surface area contributed by atoms with Gasteiger partial charge in [0.15, 0.2) is 10.9 Å². The fourth-order valence-electron chi connectivity index (χ4n) is 2.67. The molecule has 0 spiro atoms. The van der Waals surface area contributed by atoms with Crippen molar-refractivity contribution in [3.05, 3.63) is 52.8 Å². The van der Waals surface area contributed by atoms with E-state index in [0.717, 1.165) is 35.3 Å². The summed E-state index contributed by atoms with van der Waals surface area (Å²) < 4.78 is 7.46. The molecule has 26 heavy (non-hydrogen) atoms. The smallest absolute Gasteiger partial charge is 0.193 e. The molecule has 2 aromatic heterocycles. The van der Waals surface area contributed by atoms with Gasteiger partial charge >= 0.3 is 0 Å². The molecule has 0 atom stereocenters. The van der Waals surface area contributed by atoms with Gasteiger partial charge in [0.1, 0.15) is 5.75 Å². The highest BCUT2D eigenvalue weighted by atomic mass is 127. The van der Waals surface area contributed by atoms with Crippen LogP contribution in [0.2, 0.25) is 0 Å². The molecule has 0 amide bonds. The Kier molecular flexibility index (Phi) is 7.70. The molecule has 0 bridgehead atoms. The van der Waals surface area contributed by atoms with E-state index in [4.69, 9.17) is 4.74 Å². The van der Waals surface area contributed by atoms with Gasteiger partial charge < -0.3 is 15.4 Å². The number of halogens is 1. The van der Waals surface area contributed by atoms with Crippen LogP contribution in [0.4, 0.5) is 0 Å². The first-order valence-electron chi connectivity index (χ1n) is 8.18. The van der Waals surface area contributed by atoms with Crippen LogP contribution in [0.1, 0.15) is 16.8 Å². The Hall–Kier alpha value is -1.81. The number of aryl methyl sites for hydroxylation is 1. The lowest BCUT2D eigenvalue weighted by Gasteiger charge is -2.13. The number of aliphatic imine (C=N–C) groups is 1. The zero-order valence-corrected chi connectivity index (χ0v) is 18.3. The number of hydrogen-bond donors (Lipinski definition) is 2. The highest BCUT2D eigenvalue weighted by Crippen LogP contribution is 2.19. The quantitative estimate of drug-likeness (QED) is 0.320. The van der Waals surface area contributed by atoms with Crippen molar-refractivity contribution in [2.75, 3.05) is 20.7 Å². The van der Waals surface area contributed by atoms with E-state index in [2.05, 4.69) is 39.7 Å². The number of nitrogens with one attached hydrogen (secondary N) is 2. The summed E-state index contributed by atoms with van der Waals surface area (Å²) in [5.41, 5.74) is 3.42. The normalized spacial score (nSPS) is 11.3. The number of aromatic nitrogens is 2. The molecule has 0 fully saturated rings. The van der Waals surface area contributed by atoms with Gasteiger partial charge in [0.2, 0.25) is 0 Å². The molecule has 0 saturated carbocycles. The summed E-state index contributed by atoms with van der Waals surface area (Å²) in [5, 5.41) is 8.66. The van der Waals surface area contributed by atoms with Crippen molar-refractivity contribution in [3.8, 4) is 5.75 Å². The second-order valence-corrected chi connectivity index (χ2v) is 6.62. The summed E-state index contributed by atoms with van der Waals surface area (Å²) in [6, 6.07) is 6.24. The molecule has 0 saturated heterocycles. The van der Waals surface area contributed by atoms with E-state index in [1.807, 2.05) is 28.2 Å². The van der Waals surface area contributed by atoms with Gasteiger partial charge in [-0.15, -0.1) is 35.3 Å². The SMILES string of the molecule is CN=C(NCCc1cc(C)ccc1OC)NCc1cn2ccsc2n1.I. The highest BCUT2D eigenvalue weighted by molar-refractivity contribution is 14.0. The Balaban J connectivity index is 0.00000243. The predicted molar refractivity (Wildman–Crippen MR) is 118 cm³/mol. The van der Waals surface area contributed by atoms with E-state index in [0.29, 0.717) is 6.54 Å². The van der Waals surface area contributed by atoms with E-state index >= 15 is 0 Å². The van der Waals surface area contributed by atoms with E-state index < -0.39 is 0 Å². The van der Waals surface area contributed by atoms with Crippen LogP contribution < -0.4 is 15.4 Å². The van der Waals surface area contributed by atoms with Crippen LogP contribution in [0.15, 0.2) is 41.0 Å². The maximum absolute atomic E-state index is 5.43. The maximum atomic E-state index is 5.43. The van der Waals surface area contributed by atoms with Crippen LogP contribution in [0.3, 0.4) is 0 Å². The number of rotatable bonds is 6. The molecule has 8 heteroatoms. The predicted octanol–water partition coefficient (Wildman–Crippen LogP) is 3.24. The van der Waals surface area contributed by atoms with Crippen LogP contribution in [-0.2, 0) is 13.0 Å². The van der Waals surface area contributed by atoms with E-state index in [1.165, 1.54) is 11.1 Å². The number of nitrogens with zero attached hydrogens (tertiary/aromatic N) is 3. The second-order valence-electron chi connectivity index (χ2n) is 5.74. The highest BCUT2D eigenvalue weighted by Gasteiger charge is 2.06. The molecular formula is C18H24IN5OS. The zero-order valence-electron chi connectivity index (χ0n) is 15.2. The molecule has 3 rings (SSSR count). The van der Waals surface area contributed by atoms with Crippen LogP contribution in [0, 0.1) is 6.92 Å². The maximum Gasteiger partial charge on any atom is 0.193 e. The molecule has 0 radical (unpaired) electrons. The summed E-state index contributed by atoms with van der Waals surface area (Å²) in [5.74, 6) is 1.69. The minimum absolute atomic E-state index is 0.